The molecule has 1 heterocycles. The first-order chi connectivity index (χ1) is 16.4. The van der Waals surface area contributed by atoms with E-state index in [-0.39, 0.29) is 24.2 Å². The molecule has 0 spiro atoms. The molecule has 1 saturated heterocycles. The fraction of sp³-hybridized carbons (Fsp3) is 0.0800. The highest BCUT2D eigenvalue weighted by atomic mass is 32.2. The van der Waals surface area contributed by atoms with Crippen LogP contribution in [-0.4, -0.2) is 35.0 Å². The molecule has 3 aromatic rings. The van der Waals surface area contributed by atoms with E-state index in [4.69, 9.17) is 21.7 Å². The zero-order chi connectivity index (χ0) is 24.1. The number of benzene rings is 3. The van der Waals surface area contributed by atoms with E-state index in [1.165, 1.54) is 35.9 Å². The van der Waals surface area contributed by atoms with Crippen LogP contribution in [0.25, 0.3) is 6.08 Å². The summed E-state index contributed by atoms with van der Waals surface area (Å²) >= 11 is 6.64. The zero-order valence-corrected chi connectivity index (χ0v) is 19.7. The number of hydrogen-bond donors (Lipinski definition) is 2. The lowest BCUT2D eigenvalue weighted by atomic mass is 10.2. The molecular formula is C25H20N2O5S2. The van der Waals surface area contributed by atoms with Crippen molar-refractivity contribution >= 4 is 57.6 Å². The summed E-state index contributed by atoms with van der Waals surface area (Å²) in [5, 5.41) is 12.1. The number of thioether (sulfide) groups is 1. The highest BCUT2D eigenvalue weighted by molar-refractivity contribution is 8.27. The average molecular weight is 493 g/mol. The first-order valence-electron chi connectivity index (χ1n) is 10.2. The Bertz CT molecular complexity index is 1280. The Morgan fingerprint density at radius 1 is 1.09 bits per heavy atom. The van der Waals surface area contributed by atoms with E-state index in [0.29, 0.717) is 26.4 Å². The zero-order valence-electron chi connectivity index (χ0n) is 18.1. The summed E-state index contributed by atoms with van der Waals surface area (Å²) in [5.74, 6) is 0.266. The van der Waals surface area contributed by atoms with Gasteiger partial charge in [-0.1, -0.05) is 54.3 Å². The number of amides is 2. The van der Waals surface area contributed by atoms with E-state index in [2.05, 4.69) is 5.32 Å². The molecule has 0 unspecified atom stereocenters. The number of rotatable bonds is 7. The van der Waals surface area contributed by atoms with Gasteiger partial charge in [0.25, 0.3) is 11.8 Å². The van der Waals surface area contributed by atoms with Crippen molar-refractivity contribution in [2.24, 2.45) is 0 Å². The molecule has 0 saturated carbocycles. The summed E-state index contributed by atoms with van der Waals surface area (Å²) < 4.78 is 11.5. The summed E-state index contributed by atoms with van der Waals surface area (Å²) in [4.78, 5) is 27.1. The van der Waals surface area contributed by atoms with Crippen LogP contribution in [0.1, 0.15) is 5.56 Å². The van der Waals surface area contributed by atoms with Gasteiger partial charge < -0.3 is 19.9 Å². The SMILES string of the molecule is COc1cc(/C=C2\SC(=S)N(c3ccccc3)C2=O)ccc1OCC(=O)Nc1cccc(O)c1. The van der Waals surface area contributed by atoms with Gasteiger partial charge >= 0.3 is 0 Å². The maximum atomic E-state index is 12.9. The van der Waals surface area contributed by atoms with Gasteiger partial charge in [0.05, 0.1) is 17.7 Å². The number of para-hydroxylation sites is 1. The van der Waals surface area contributed by atoms with E-state index in [0.717, 1.165) is 11.3 Å². The van der Waals surface area contributed by atoms with Crippen LogP contribution in [0, 0.1) is 0 Å². The molecule has 172 valence electrons. The second kappa shape index (κ2) is 10.4. The number of anilines is 2. The Morgan fingerprint density at radius 3 is 2.62 bits per heavy atom. The maximum Gasteiger partial charge on any atom is 0.270 e. The van der Waals surface area contributed by atoms with Gasteiger partial charge in [0.2, 0.25) is 0 Å². The number of carbonyl (C=O) groups excluding carboxylic acids is 2. The molecule has 3 aromatic carbocycles. The second-order valence-electron chi connectivity index (χ2n) is 7.15. The molecule has 7 nitrogen and oxygen atoms in total. The lowest BCUT2D eigenvalue weighted by molar-refractivity contribution is -0.118. The number of nitrogens with zero attached hydrogens (tertiary/aromatic N) is 1. The van der Waals surface area contributed by atoms with Crippen LogP contribution in [0.5, 0.6) is 17.2 Å². The number of phenolic OH excluding ortho intramolecular Hbond substituents is 1. The summed E-state index contributed by atoms with van der Waals surface area (Å²) in [6, 6.07) is 20.6. The van der Waals surface area contributed by atoms with Crippen LogP contribution in [-0.2, 0) is 9.59 Å². The van der Waals surface area contributed by atoms with Gasteiger partial charge in [-0.25, -0.2) is 0 Å². The third-order valence-corrected chi connectivity index (χ3v) is 6.08. The minimum absolute atomic E-state index is 0.0525. The quantitative estimate of drug-likeness (QED) is 0.361. The molecule has 34 heavy (non-hydrogen) atoms. The molecular weight excluding hydrogens is 472 g/mol. The number of carbonyl (C=O) groups is 2. The molecule has 2 amide bonds. The van der Waals surface area contributed by atoms with Crippen molar-refractivity contribution in [2.45, 2.75) is 0 Å². The number of methoxy groups -OCH3 is 1. The van der Waals surface area contributed by atoms with Crippen LogP contribution >= 0.6 is 24.0 Å². The normalized spacial score (nSPS) is 14.4. The Balaban J connectivity index is 1.45. The summed E-state index contributed by atoms with van der Waals surface area (Å²) in [5.41, 5.74) is 1.91. The van der Waals surface area contributed by atoms with Crippen molar-refractivity contribution in [1.29, 1.82) is 0 Å². The number of ether oxygens (including phenoxy) is 2. The molecule has 0 aromatic heterocycles. The maximum absolute atomic E-state index is 12.9. The summed E-state index contributed by atoms with van der Waals surface area (Å²) in [6.45, 7) is -0.249. The highest BCUT2D eigenvalue weighted by Gasteiger charge is 2.33. The van der Waals surface area contributed by atoms with E-state index in [9.17, 15) is 14.7 Å². The fourth-order valence-corrected chi connectivity index (χ4v) is 4.54. The van der Waals surface area contributed by atoms with Gasteiger partial charge in [-0.15, -0.1) is 0 Å². The van der Waals surface area contributed by atoms with Crippen molar-refractivity contribution in [3.8, 4) is 17.2 Å². The first-order valence-corrected chi connectivity index (χ1v) is 11.4. The van der Waals surface area contributed by atoms with E-state index in [1.807, 2.05) is 30.3 Å². The summed E-state index contributed by atoms with van der Waals surface area (Å²) in [7, 11) is 1.49. The first kappa shape index (κ1) is 23.3. The largest absolute Gasteiger partial charge is 0.508 e. The molecule has 0 radical (unpaired) electrons. The Kier molecular flexibility index (Phi) is 7.15. The molecule has 1 fully saturated rings. The topological polar surface area (TPSA) is 88.1 Å². The second-order valence-corrected chi connectivity index (χ2v) is 8.83. The average Bonchev–Trinajstić information content (AvgIpc) is 3.11. The number of nitrogens with one attached hydrogen (secondary N) is 1. The standard InChI is InChI=1S/C25H20N2O5S2/c1-31-21-12-16(13-22-24(30)27(25(33)34-22)18-7-3-2-4-8-18)10-11-20(21)32-15-23(29)26-17-6-5-9-19(28)14-17/h2-14,28H,15H2,1H3,(H,26,29)/b22-13-. The van der Waals surface area contributed by atoms with Crippen LogP contribution < -0.4 is 19.7 Å². The van der Waals surface area contributed by atoms with Crippen LogP contribution in [0.15, 0.2) is 77.7 Å². The molecule has 9 heteroatoms. The van der Waals surface area contributed by atoms with Crippen LogP contribution in [0.4, 0.5) is 11.4 Å². The Morgan fingerprint density at radius 2 is 1.88 bits per heavy atom. The lowest BCUT2D eigenvalue weighted by Gasteiger charge is -2.14. The molecule has 0 aliphatic carbocycles. The van der Waals surface area contributed by atoms with Crippen molar-refractivity contribution in [1.82, 2.24) is 0 Å². The van der Waals surface area contributed by atoms with E-state index < -0.39 is 0 Å². The predicted molar refractivity (Wildman–Crippen MR) is 137 cm³/mol. The minimum atomic E-state index is -0.388. The molecule has 0 bridgehead atoms. The van der Waals surface area contributed by atoms with Crippen molar-refractivity contribution in [2.75, 3.05) is 23.9 Å². The predicted octanol–water partition coefficient (Wildman–Crippen LogP) is 4.82. The molecule has 0 atom stereocenters. The van der Waals surface area contributed by atoms with Gasteiger partial charge in [-0.2, -0.15) is 0 Å². The molecule has 2 N–H and O–H groups in total. The molecule has 1 aliphatic rings. The van der Waals surface area contributed by atoms with Gasteiger partial charge in [0, 0.05) is 11.8 Å². The van der Waals surface area contributed by atoms with E-state index >= 15 is 0 Å². The minimum Gasteiger partial charge on any atom is -0.508 e. The van der Waals surface area contributed by atoms with Gasteiger partial charge in [0.1, 0.15) is 5.75 Å². The number of phenols is 1. The number of aromatic hydroxyl groups is 1. The van der Waals surface area contributed by atoms with Gasteiger partial charge in [0.15, 0.2) is 22.4 Å². The third-order valence-electron chi connectivity index (χ3n) is 4.78. The Hall–Kier alpha value is -3.82. The Labute approximate surface area is 206 Å². The summed E-state index contributed by atoms with van der Waals surface area (Å²) in [6.07, 6.45) is 1.74. The third kappa shape index (κ3) is 5.38. The van der Waals surface area contributed by atoms with Crippen molar-refractivity contribution in [3.63, 3.8) is 0 Å². The van der Waals surface area contributed by atoms with Crippen LogP contribution in [0.2, 0.25) is 0 Å². The van der Waals surface area contributed by atoms with Crippen molar-refractivity contribution < 1.29 is 24.2 Å². The number of hydrogen-bond acceptors (Lipinski definition) is 7. The van der Waals surface area contributed by atoms with Crippen molar-refractivity contribution in [3.05, 3.63) is 83.3 Å². The number of thiocarbonyl (C=S) groups is 1. The highest BCUT2D eigenvalue weighted by Crippen LogP contribution is 2.37. The molecule has 4 rings (SSSR count). The van der Waals surface area contributed by atoms with Crippen LogP contribution in [0.3, 0.4) is 0 Å². The smallest absolute Gasteiger partial charge is 0.270 e. The van der Waals surface area contributed by atoms with E-state index in [1.54, 1.807) is 36.4 Å². The van der Waals surface area contributed by atoms with Gasteiger partial charge in [-0.05, 0) is 48.0 Å². The molecule has 1 aliphatic heterocycles. The fourth-order valence-electron chi connectivity index (χ4n) is 3.24. The monoisotopic (exact) mass is 492 g/mol. The van der Waals surface area contributed by atoms with Gasteiger partial charge in [-0.3, -0.25) is 14.5 Å². The lowest BCUT2D eigenvalue weighted by Crippen LogP contribution is -2.27.